The average Bonchev–Trinajstić information content (AvgIpc) is 2.54. The van der Waals surface area contributed by atoms with Crippen LogP contribution in [0.5, 0.6) is 0 Å². The summed E-state index contributed by atoms with van der Waals surface area (Å²) in [6, 6.07) is 15.2. The van der Waals surface area contributed by atoms with E-state index in [4.69, 9.17) is 0 Å². The van der Waals surface area contributed by atoms with Crippen molar-refractivity contribution in [1.29, 1.82) is 0 Å². The van der Waals surface area contributed by atoms with Gasteiger partial charge in [0.1, 0.15) is 5.54 Å². The molecule has 0 fully saturated rings. The molecule has 0 aliphatic carbocycles. The molecule has 1 aliphatic heterocycles. The summed E-state index contributed by atoms with van der Waals surface area (Å²) in [5, 5.41) is 6.01. The maximum absolute atomic E-state index is 12.9. The monoisotopic (exact) mass is 323 g/mol. The van der Waals surface area contributed by atoms with E-state index in [0.717, 1.165) is 16.9 Å². The quantitative estimate of drug-likeness (QED) is 0.912. The zero-order valence-corrected chi connectivity index (χ0v) is 14.1. The number of hydrogen-bond donors (Lipinski definition) is 2. The van der Waals surface area contributed by atoms with Gasteiger partial charge in [-0.15, -0.1) is 0 Å². The van der Waals surface area contributed by atoms with Crippen LogP contribution in [0, 0.1) is 6.92 Å². The maximum atomic E-state index is 12.9. The van der Waals surface area contributed by atoms with Crippen LogP contribution in [0.2, 0.25) is 0 Å². The summed E-state index contributed by atoms with van der Waals surface area (Å²) in [4.78, 5) is 26.8. The van der Waals surface area contributed by atoms with Gasteiger partial charge in [0.2, 0.25) is 11.8 Å². The van der Waals surface area contributed by atoms with E-state index in [1.807, 2.05) is 49.4 Å². The number of aryl methyl sites for hydroxylation is 1. The number of amides is 2. The first-order valence-electron chi connectivity index (χ1n) is 7.93. The van der Waals surface area contributed by atoms with Gasteiger partial charge in [-0.25, -0.2) is 0 Å². The SMILES string of the molecule is Cc1cccc(NCC(=O)N2c3ccccc3NC(=O)C2(C)C)c1. The number of para-hydroxylation sites is 2. The van der Waals surface area contributed by atoms with Crippen LogP contribution in [-0.4, -0.2) is 23.9 Å². The maximum Gasteiger partial charge on any atom is 0.250 e. The lowest BCUT2D eigenvalue weighted by atomic mass is 9.96. The molecule has 0 spiro atoms. The van der Waals surface area contributed by atoms with Gasteiger partial charge < -0.3 is 10.6 Å². The molecular weight excluding hydrogens is 302 g/mol. The molecule has 0 bridgehead atoms. The van der Waals surface area contributed by atoms with Gasteiger partial charge >= 0.3 is 0 Å². The molecule has 3 rings (SSSR count). The second-order valence-electron chi connectivity index (χ2n) is 6.48. The minimum Gasteiger partial charge on any atom is -0.376 e. The molecule has 0 unspecified atom stereocenters. The summed E-state index contributed by atoms with van der Waals surface area (Å²) >= 11 is 0. The summed E-state index contributed by atoms with van der Waals surface area (Å²) < 4.78 is 0. The molecule has 24 heavy (non-hydrogen) atoms. The highest BCUT2D eigenvalue weighted by Crippen LogP contribution is 2.36. The van der Waals surface area contributed by atoms with Crippen molar-refractivity contribution >= 4 is 28.9 Å². The summed E-state index contributed by atoms with van der Waals surface area (Å²) in [6.07, 6.45) is 0. The fourth-order valence-electron chi connectivity index (χ4n) is 2.91. The molecule has 2 N–H and O–H groups in total. The Balaban J connectivity index is 1.86. The average molecular weight is 323 g/mol. The van der Waals surface area contributed by atoms with Crippen molar-refractivity contribution in [2.24, 2.45) is 0 Å². The number of hydrogen-bond acceptors (Lipinski definition) is 3. The number of rotatable bonds is 3. The molecule has 124 valence electrons. The fourth-order valence-corrected chi connectivity index (χ4v) is 2.91. The van der Waals surface area contributed by atoms with E-state index >= 15 is 0 Å². The Morgan fingerprint density at radius 1 is 1.17 bits per heavy atom. The molecule has 5 heteroatoms. The van der Waals surface area contributed by atoms with Gasteiger partial charge in [0.15, 0.2) is 0 Å². The van der Waals surface area contributed by atoms with E-state index in [0.29, 0.717) is 5.69 Å². The lowest BCUT2D eigenvalue weighted by molar-refractivity contribution is -0.125. The molecule has 0 radical (unpaired) electrons. The van der Waals surface area contributed by atoms with Crippen LogP contribution in [0.3, 0.4) is 0 Å². The van der Waals surface area contributed by atoms with Gasteiger partial charge in [0.25, 0.3) is 0 Å². The highest BCUT2D eigenvalue weighted by Gasteiger charge is 2.43. The van der Waals surface area contributed by atoms with Crippen LogP contribution < -0.4 is 15.5 Å². The van der Waals surface area contributed by atoms with E-state index < -0.39 is 5.54 Å². The van der Waals surface area contributed by atoms with Crippen LogP contribution in [-0.2, 0) is 9.59 Å². The second kappa shape index (κ2) is 6.00. The Morgan fingerprint density at radius 2 is 1.92 bits per heavy atom. The Hall–Kier alpha value is -2.82. The number of carbonyl (C=O) groups excluding carboxylic acids is 2. The zero-order valence-electron chi connectivity index (χ0n) is 14.1. The van der Waals surface area contributed by atoms with E-state index in [1.165, 1.54) is 0 Å². The molecule has 2 amide bonds. The number of anilines is 3. The Bertz CT molecular complexity index is 799. The molecule has 2 aromatic carbocycles. The van der Waals surface area contributed by atoms with Crippen LogP contribution in [0.25, 0.3) is 0 Å². The minimum absolute atomic E-state index is 0.120. The van der Waals surface area contributed by atoms with Crippen molar-refractivity contribution in [2.45, 2.75) is 26.3 Å². The lowest BCUT2D eigenvalue weighted by Crippen LogP contribution is -2.59. The molecule has 0 saturated heterocycles. The van der Waals surface area contributed by atoms with E-state index in [9.17, 15) is 9.59 Å². The summed E-state index contributed by atoms with van der Waals surface area (Å²) in [6.45, 7) is 5.63. The van der Waals surface area contributed by atoms with Crippen LogP contribution in [0.4, 0.5) is 17.1 Å². The van der Waals surface area contributed by atoms with Crippen molar-refractivity contribution in [3.05, 3.63) is 54.1 Å². The van der Waals surface area contributed by atoms with Gasteiger partial charge in [-0.1, -0.05) is 24.3 Å². The molecule has 0 atom stereocenters. The second-order valence-corrected chi connectivity index (χ2v) is 6.48. The Labute approximate surface area is 141 Å². The highest BCUT2D eigenvalue weighted by atomic mass is 16.2. The third kappa shape index (κ3) is 2.85. The largest absolute Gasteiger partial charge is 0.376 e. The van der Waals surface area contributed by atoms with Crippen molar-refractivity contribution < 1.29 is 9.59 Å². The normalized spacial score (nSPS) is 15.5. The summed E-state index contributed by atoms with van der Waals surface area (Å²) in [7, 11) is 0. The first kappa shape index (κ1) is 16.1. The predicted molar refractivity (Wildman–Crippen MR) is 96.3 cm³/mol. The number of carbonyl (C=O) groups is 2. The van der Waals surface area contributed by atoms with Crippen molar-refractivity contribution in [2.75, 3.05) is 22.1 Å². The Morgan fingerprint density at radius 3 is 2.67 bits per heavy atom. The van der Waals surface area contributed by atoms with E-state index in [2.05, 4.69) is 10.6 Å². The van der Waals surface area contributed by atoms with E-state index in [1.54, 1.807) is 24.8 Å². The number of fused-ring (bicyclic) bond motifs is 1. The summed E-state index contributed by atoms with van der Waals surface area (Å²) in [5.41, 5.74) is 2.44. The molecule has 5 nitrogen and oxygen atoms in total. The van der Waals surface area contributed by atoms with Gasteiger partial charge in [-0.05, 0) is 50.6 Å². The lowest BCUT2D eigenvalue weighted by Gasteiger charge is -2.42. The number of nitrogens with zero attached hydrogens (tertiary/aromatic N) is 1. The highest BCUT2D eigenvalue weighted by molar-refractivity contribution is 6.14. The van der Waals surface area contributed by atoms with Crippen molar-refractivity contribution in [3.63, 3.8) is 0 Å². The van der Waals surface area contributed by atoms with Crippen LogP contribution in [0.15, 0.2) is 48.5 Å². The molecule has 2 aromatic rings. The van der Waals surface area contributed by atoms with Crippen molar-refractivity contribution in [3.8, 4) is 0 Å². The van der Waals surface area contributed by atoms with Gasteiger partial charge in [0.05, 0.1) is 17.9 Å². The molecule has 0 saturated carbocycles. The molecule has 1 heterocycles. The van der Waals surface area contributed by atoms with Crippen LogP contribution in [0.1, 0.15) is 19.4 Å². The van der Waals surface area contributed by atoms with Gasteiger partial charge in [0, 0.05) is 5.69 Å². The van der Waals surface area contributed by atoms with Gasteiger partial charge in [-0.2, -0.15) is 0 Å². The Kier molecular flexibility index (Phi) is 4.01. The first-order valence-corrected chi connectivity index (χ1v) is 7.93. The first-order chi connectivity index (χ1) is 11.4. The predicted octanol–water partition coefficient (Wildman–Crippen LogP) is 3.17. The number of benzene rings is 2. The minimum atomic E-state index is -0.945. The van der Waals surface area contributed by atoms with Crippen LogP contribution >= 0.6 is 0 Å². The standard InChI is InChI=1S/C19H21N3O2/c1-13-7-6-8-14(11-13)20-12-17(23)22-16-10-5-4-9-15(16)21-18(24)19(22,2)3/h4-11,20H,12H2,1-3H3,(H,21,24). The molecule has 1 aliphatic rings. The fraction of sp³-hybridized carbons (Fsp3) is 0.263. The molecular formula is C19H21N3O2. The van der Waals surface area contributed by atoms with Crippen molar-refractivity contribution in [1.82, 2.24) is 0 Å². The zero-order chi connectivity index (χ0) is 17.3. The summed E-state index contributed by atoms with van der Waals surface area (Å²) in [5.74, 6) is -0.339. The topological polar surface area (TPSA) is 61.4 Å². The third-order valence-corrected chi connectivity index (χ3v) is 4.22. The smallest absolute Gasteiger partial charge is 0.250 e. The number of nitrogens with one attached hydrogen (secondary N) is 2. The molecule has 0 aromatic heterocycles. The third-order valence-electron chi connectivity index (χ3n) is 4.22. The van der Waals surface area contributed by atoms with Gasteiger partial charge in [-0.3, -0.25) is 14.5 Å². The van der Waals surface area contributed by atoms with E-state index in [-0.39, 0.29) is 18.4 Å².